The minimum Gasteiger partial charge on any atom is -0.228 e. The van der Waals surface area contributed by atoms with E-state index >= 15 is 0 Å². The van der Waals surface area contributed by atoms with Gasteiger partial charge in [-0.25, -0.2) is 8.42 Å². The summed E-state index contributed by atoms with van der Waals surface area (Å²) < 4.78 is 22.9. The van der Waals surface area contributed by atoms with Crippen molar-refractivity contribution in [1.82, 2.24) is 0 Å². The lowest BCUT2D eigenvalue weighted by molar-refractivity contribution is 0.598. The molecule has 0 amide bonds. The Morgan fingerprint density at radius 2 is 2.14 bits per heavy atom. The highest BCUT2D eigenvalue weighted by Gasteiger charge is 2.09. The van der Waals surface area contributed by atoms with E-state index < -0.39 is 9.84 Å². The SMILES string of the molecule is C=CCS(=O)(=O)Cc1cccc(C)c1. The van der Waals surface area contributed by atoms with Gasteiger partial charge in [-0.3, -0.25) is 0 Å². The number of benzene rings is 1. The second-order valence-corrected chi connectivity index (χ2v) is 5.44. The van der Waals surface area contributed by atoms with Gasteiger partial charge in [0.2, 0.25) is 0 Å². The molecule has 14 heavy (non-hydrogen) atoms. The predicted octanol–water partition coefficient (Wildman–Crippen LogP) is 2.10. The van der Waals surface area contributed by atoms with E-state index in [4.69, 9.17) is 0 Å². The van der Waals surface area contributed by atoms with E-state index in [1.165, 1.54) is 6.08 Å². The van der Waals surface area contributed by atoms with Gasteiger partial charge in [0.05, 0.1) is 11.5 Å². The van der Waals surface area contributed by atoms with Gasteiger partial charge in [-0.05, 0) is 12.5 Å². The van der Waals surface area contributed by atoms with Crippen LogP contribution in [0.1, 0.15) is 11.1 Å². The van der Waals surface area contributed by atoms with Crippen molar-refractivity contribution in [3.8, 4) is 0 Å². The topological polar surface area (TPSA) is 34.1 Å². The monoisotopic (exact) mass is 210 g/mol. The lowest BCUT2D eigenvalue weighted by Crippen LogP contribution is -2.07. The molecule has 0 aliphatic carbocycles. The minimum absolute atomic E-state index is 0.0426. The first-order chi connectivity index (χ1) is 6.53. The summed E-state index contributed by atoms with van der Waals surface area (Å²) in [5.74, 6) is 0.141. The van der Waals surface area contributed by atoms with Crippen molar-refractivity contribution >= 4 is 9.84 Å². The van der Waals surface area contributed by atoms with Gasteiger partial charge in [-0.2, -0.15) is 0 Å². The molecule has 0 radical (unpaired) electrons. The second kappa shape index (κ2) is 4.42. The van der Waals surface area contributed by atoms with Crippen LogP contribution in [0.25, 0.3) is 0 Å². The maximum atomic E-state index is 11.4. The van der Waals surface area contributed by atoms with Crippen molar-refractivity contribution in [2.45, 2.75) is 12.7 Å². The molecule has 2 nitrogen and oxygen atoms in total. The zero-order valence-corrected chi connectivity index (χ0v) is 9.05. The molecule has 76 valence electrons. The molecule has 0 fully saturated rings. The van der Waals surface area contributed by atoms with Crippen LogP contribution in [0.2, 0.25) is 0 Å². The molecule has 1 aromatic rings. The summed E-state index contributed by atoms with van der Waals surface area (Å²) in [5.41, 5.74) is 1.92. The molecule has 1 aromatic carbocycles. The first-order valence-electron chi connectivity index (χ1n) is 4.40. The summed E-state index contributed by atoms with van der Waals surface area (Å²) in [7, 11) is -3.02. The molecule has 1 rings (SSSR count). The molecule has 3 heteroatoms. The molecule has 0 unspecified atom stereocenters. The average Bonchev–Trinajstić information content (AvgIpc) is 2.02. The molecule has 0 bridgehead atoms. The Labute approximate surface area is 85.2 Å². The first kappa shape index (κ1) is 11.0. The third kappa shape index (κ3) is 3.34. The Bertz CT molecular complexity index is 419. The van der Waals surface area contributed by atoms with Crippen LogP contribution in [-0.4, -0.2) is 14.2 Å². The quantitative estimate of drug-likeness (QED) is 0.713. The van der Waals surface area contributed by atoms with Crippen LogP contribution in [-0.2, 0) is 15.6 Å². The smallest absolute Gasteiger partial charge is 0.157 e. The Kier molecular flexibility index (Phi) is 3.47. The van der Waals surface area contributed by atoms with Gasteiger partial charge in [0.15, 0.2) is 9.84 Å². The zero-order valence-electron chi connectivity index (χ0n) is 8.23. The van der Waals surface area contributed by atoms with E-state index in [1.54, 1.807) is 0 Å². The van der Waals surface area contributed by atoms with E-state index in [0.29, 0.717) is 0 Å². The summed E-state index contributed by atoms with van der Waals surface area (Å²) >= 11 is 0. The van der Waals surface area contributed by atoms with Crippen LogP contribution in [0.4, 0.5) is 0 Å². The fourth-order valence-electron chi connectivity index (χ4n) is 1.29. The molecule has 0 aliphatic rings. The van der Waals surface area contributed by atoms with Gasteiger partial charge in [-0.1, -0.05) is 35.9 Å². The number of sulfone groups is 1. The van der Waals surface area contributed by atoms with Crippen LogP contribution < -0.4 is 0 Å². The largest absolute Gasteiger partial charge is 0.228 e. The van der Waals surface area contributed by atoms with E-state index in [0.717, 1.165) is 11.1 Å². The summed E-state index contributed by atoms with van der Waals surface area (Å²) in [6.07, 6.45) is 1.42. The number of hydrogen-bond acceptors (Lipinski definition) is 2. The lowest BCUT2D eigenvalue weighted by Gasteiger charge is -2.02. The molecule has 0 saturated heterocycles. The standard InChI is InChI=1S/C11H14O2S/c1-3-7-14(12,13)9-11-6-4-5-10(2)8-11/h3-6,8H,1,7,9H2,2H3. The van der Waals surface area contributed by atoms with E-state index in [1.807, 2.05) is 31.2 Å². The van der Waals surface area contributed by atoms with Crippen molar-refractivity contribution in [2.75, 3.05) is 5.75 Å². The second-order valence-electron chi connectivity index (χ2n) is 3.33. The van der Waals surface area contributed by atoms with Crippen molar-refractivity contribution in [3.63, 3.8) is 0 Å². The predicted molar refractivity (Wildman–Crippen MR) is 58.9 cm³/mol. The number of rotatable bonds is 4. The molecule has 0 aliphatic heterocycles. The summed E-state index contributed by atoms with van der Waals surface area (Å²) in [6, 6.07) is 7.53. The molecule has 0 heterocycles. The highest BCUT2D eigenvalue weighted by Crippen LogP contribution is 2.08. The van der Waals surface area contributed by atoms with Gasteiger partial charge in [-0.15, -0.1) is 6.58 Å². The molecule has 0 aromatic heterocycles. The van der Waals surface area contributed by atoms with Crippen molar-refractivity contribution in [3.05, 3.63) is 48.0 Å². The fourth-order valence-corrected chi connectivity index (χ4v) is 2.46. The number of hydrogen-bond donors (Lipinski definition) is 0. The summed E-state index contributed by atoms with van der Waals surface area (Å²) in [4.78, 5) is 0. The van der Waals surface area contributed by atoms with Crippen LogP contribution in [0.15, 0.2) is 36.9 Å². The van der Waals surface area contributed by atoms with Crippen LogP contribution in [0, 0.1) is 6.92 Å². The maximum Gasteiger partial charge on any atom is 0.157 e. The molecule has 0 spiro atoms. The fraction of sp³-hybridized carbons (Fsp3) is 0.273. The van der Waals surface area contributed by atoms with Gasteiger partial charge in [0.1, 0.15) is 0 Å². The van der Waals surface area contributed by atoms with Crippen molar-refractivity contribution < 1.29 is 8.42 Å². The van der Waals surface area contributed by atoms with Gasteiger partial charge < -0.3 is 0 Å². The normalized spacial score (nSPS) is 11.2. The maximum absolute atomic E-state index is 11.4. The Hall–Kier alpha value is -1.09. The van der Waals surface area contributed by atoms with Crippen LogP contribution >= 0.6 is 0 Å². The Balaban J connectivity index is 2.84. The van der Waals surface area contributed by atoms with Crippen molar-refractivity contribution in [2.24, 2.45) is 0 Å². The zero-order chi connectivity index (χ0) is 10.6. The molecule has 0 N–H and O–H groups in total. The molecule has 0 atom stereocenters. The Morgan fingerprint density at radius 1 is 1.43 bits per heavy atom. The lowest BCUT2D eigenvalue weighted by atomic mass is 10.2. The molecule has 0 saturated carbocycles. The van der Waals surface area contributed by atoms with Gasteiger partial charge >= 0.3 is 0 Å². The minimum atomic E-state index is -3.02. The highest BCUT2D eigenvalue weighted by molar-refractivity contribution is 7.90. The van der Waals surface area contributed by atoms with E-state index in [9.17, 15) is 8.42 Å². The average molecular weight is 210 g/mol. The van der Waals surface area contributed by atoms with E-state index in [2.05, 4.69) is 6.58 Å². The van der Waals surface area contributed by atoms with Crippen LogP contribution in [0.5, 0.6) is 0 Å². The van der Waals surface area contributed by atoms with Gasteiger partial charge in [0, 0.05) is 0 Å². The first-order valence-corrected chi connectivity index (χ1v) is 6.22. The van der Waals surface area contributed by atoms with Gasteiger partial charge in [0.25, 0.3) is 0 Å². The van der Waals surface area contributed by atoms with Crippen molar-refractivity contribution in [1.29, 1.82) is 0 Å². The molecular weight excluding hydrogens is 196 g/mol. The van der Waals surface area contributed by atoms with Crippen LogP contribution in [0.3, 0.4) is 0 Å². The third-order valence-electron chi connectivity index (χ3n) is 1.84. The summed E-state index contributed by atoms with van der Waals surface area (Å²) in [5, 5.41) is 0. The summed E-state index contributed by atoms with van der Waals surface area (Å²) in [6.45, 7) is 5.37. The number of aryl methyl sites for hydroxylation is 1. The Morgan fingerprint density at radius 3 is 2.71 bits per heavy atom. The third-order valence-corrected chi connectivity index (χ3v) is 3.36. The molecular formula is C11H14O2S. The van der Waals surface area contributed by atoms with E-state index in [-0.39, 0.29) is 11.5 Å². The highest BCUT2D eigenvalue weighted by atomic mass is 32.2.